The molecule has 0 aliphatic carbocycles. The number of hydrogen-bond acceptors (Lipinski definition) is 2. The van der Waals surface area contributed by atoms with Crippen LogP contribution in [-0.4, -0.2) is 17.0 Å². The molecule has 1 amide bonds. The number of halogens is 1. The molecule has 0 bridgehead atoms. The molecule has 0 spiro atoms. The molecule has 0 aliphatic heterocycles. The number of carbonyl (C=O) groups is 2. The van der Waals surface area contributed by atoms with Gasteiger partial charge in [-0.2, -0.15) is 0 Å². The topological polar surface area (TPSA) is 66.4 Å². The minimum atomic E-state index is -1.03. The summed E-state index contributed by atoms with van der Waals surface area (Å²) in [6.07, 6.45) is -0.233. The van der Waals surface area contributed by atoms with Crippen LogP contribution in [-0.2, 0) is 16.1 Å². The predicted molar refractivity (Wildman–Crippen MR) is 59.7 cm³/mol. The van der Waals surface area contributed by atoms with E-state index in [2.05, 4.69) is 5.32 Å². The standard InChI is InChI=1S/C12H14FNO3/c1-8(6-11(15)16)12(17)14-7-9-4-2-3-5-10(9)13/h2-5,8H,6-7H2,1H3,(H,14,17)(H,15,16). The number of rotatable bonds is 5. The van der Waals surface area contributed by atoms with E-state index in [0.717, 1.165) is 0 Å². The maximum atomic E-state index is 13.2. The zero-order chi connectivity index (χ0) is 12.8. The van der Waals surface area contributed by atoms with Crippen LogP contribution in [0.15, 0.2) is 24.3 Å². The third-order valence-electron chi connectivity index (χ3n) is 2.34. The fourth-order valence-electron chi connectivity index (χ4n) is 1.35. The maximum absolute atomic E-state index is 13.2. The smallest absolute Gasteiger partial charge is 0.304 e. The highest BCUT2D eigenvalue weighted by Crippen LogP contribution is 2.07. The van der Waals surface area contributed by atoms with Crippen LogP contribution < -0.4 is 5.32 Å². The van der Waals surface area contributed by atoms with Gasteiger partial charge in [0, 0.05) is 18.0 Å². The lowest BCUT2D eigenvalue weighted by molar-refractivity contribution is -0.140. The quantitative estimate of drug-likeness (QED) is 0.819. The molecule has 1 atom stereocenters. The Kier molecular flexibility index (Phi) is 4.63. The number of benzene rings is 1. The molecule has 0 fully saturated rings. The first-order valence-electron chi connectivity index (χ1n) is 5.23. The van der Waals surface area contributed by atoms with Crippen molar-refractivity contribution in [2.24, 2.45) is 5.92 Å². The molecular formula is C12H14FNO3. The summed E-state index contributed by atoms with van der Waals surface area (Å²) in [6.45, 7) is 1.58. The van der Waals surface area contributed by atoms with Crippen molar-refractivity contribution < 1.29 is 19.1 Å². The normalized spacial score (nSPS) is 11.9. The average molecular weight is 239 g/mol. The van der Waals surface area contributed by atoms with Crippen molar-refractivity contribution in [2.75, 3.05) is 0 Å². The van der Waals surface area contributed by atoms with E-state index in [-0.39, 0.29) is 13.0 Å². The van der Waals surface area contributed by atoms with E-state index in [1.807, 2.05) is 0 Å². The summed E-state index contributed by atoms with van der Waals surface area (Å²) in [5, 5.41) is 11.0. The molecule has 2 N–H and O–H groups in total. The number of carbonyl (C=O) groups excluding carboxylic acids is 1. The SMILES string of the molecule is CC(CC(=O)O)C(=O)NCc1ccccc1F. The molecule has 1 aromatic carbocycles. The van der Waals surface area contributed by atoms with E-state index in [1.165, 1.54) is 13.0 Å². The molecule has 0 radical (unpaired) electrons. The van der Waals surface area contributed by atoms with E-state index in [4.69, 9.17) is 5.11 Å². The van der Waals surface area contributed by atoms with Gasteiger partial charge in [0.2, 0.25) is 5.91 Å². The van der Waals surface area contributed by atoms with Crippen LogP contribution in [0.25, 0.3) is 0 Å². The van der Waals surface area contributed by atoms with Gasteiger partial charge in [-0.3, -0.25) is 9.59 Å². The summed E-state index contributed by atoms with van der Waals surface area (Å²) >= 11 is 0. The number of hydrogen-bond donors (Lipinski definition) is 2. The summed E-state index contributed by atoms with van der Waals surface area (Å²) in [7, 11) is 0. The van der Waals surface area contributed by atoms with Crippen molar-refractivity contribution in [3.8, 4) is 0 Å². The van der Waals surface area contributed by atoms with Gasteiger partial charge in [-0.15, -0.1) is 0 Å². The fraction of sp³-hybridized carbons (Fsp3) is 0.333. The second-order valence-electron chi connectivity index (χ2n) is 3.81. The minimum absolute atomic E-state index is 0.0649. The molecule has 1 unspecified atom stereocenters. The number of nitrogens with one attached hydrogen (secondary N) is 1. The summed E-state index contributed by atoms with van der Waals surface area (Å²) in [5.41, 5.74) is 0.378. The molecule has 17 heavy (non-hydrogen) atoms. The molecular weight excluding hydrogens is 225 g/mol. The van der Waals surface area contributed by atoms with E-state index in [9.17, 15) is 14.0 Å². The van der Waals surface area contributed by atoms with E-state index in [0.29, 0.717) is 5.56 Å². The van der Waals surface area contributed by atoms with E-state index < -0.39 is 23.6 Å². The van der Waals surface area contributed by atoms with Crippen LogP contribution in [0.4, 0.5) is 4.39 Å². The first-order chi connectivity index (χ1) is 8.00. The van der Waals surface area contributed by atoms with Gasteiger partial charge in [-0.05, 0) is 6.07 Å². The Morgan fingerprint density at radius 1 is 1.41 bits per heavy atom. The monoisotopic (exact) mass is 239 g/mol. The van der Waals surface area contributed by atoms with Crippen molar-refractivity contribution in [1.29, 1.82) is 0 Å². The molecule has 1 rings (SSSR count). The number of carboxylic acids is 1. The molecule has 0 heterocycles. The zero-order valence-corrected chi connectivity index (χ0v) is 9.44. The highest BCUT2D eigenvalue weighted by molar-refractivity contribution is 5.82. The second kappa shape index (κ2) is 5.98. The third-order valence-corrected chi connectivity index (χ3v) is 2.34. The number of carboxylic acid groups (broad SMARTS) is 1. The minimum Gasteiger partial charge on any atom is -0.481 e. The van der Waals surface area contributed by atoms with Crippen LogP contribution >= 0.6 is 0 Å². The maximum Gasteiger partial charge on any atom is 0.304 e. The zero-order valence-electron chi connectivity index (χ0n) is 9.44. The predicted octanol–water partition coefficient (Wildman–Crippen LogP) is 1.55. The second-order valence-corrected chi connectivity index (χ2v) is 3.81. The Labute approximate surface area is 98.5 Å². The van der Waals surface area contributed by atoms with Gasteiger partial charge in [0.15, 0.2) is 0 Å². The molecule has 1 aromatic rings. The van der Waals surface area contributed by atoms with Crippen molar-refractivity contribution in [1.82, 2.24) is 5.32 Å². The lowest BCUT2D eigenvalue weighted by Gasteiger charge is -2.10. The lowest BCUT2D eigenvalue weighted by Crippen LogP contribution is -2.30. The van der Waals surface area contributed by atoms with Gasteiger partial charge in [0.1, 0.15) is 5.82 Å². The van der Waals surface area contributed by atoms with Gasteiger partial charge in [0.25, 0.3) is 0 Å². The fourth-order valence-corrected chi connectivity index (χ4v) is 1.35. The molecule has 0 saturated carbocycles. The summed E-state index contributed by atoms with van der Waals surface area (Å²) in [6, 6.07) is 6.11. The van der Waals surface area contributed by atoms with E-state index >= 15 is 0 Å². The Bertz CT molecular complexity index is 420. The molecule has 5 heteroatoms. The number of amides is 1. The van der Waals surface area contributed by atoms with Gasteiger partial charge >= 0.3 is 5.97 Å². The molecule has 0 saturated heterocycles. The van der Waals surface area contributed by atoms with Crippen LogP contribution in [0.2, 0.25) is 0 Å². The number of aliphatic carboxylic acids is 1. The molecule has 4 nitrogen and oxygen atoms in total. The van der Waals surface area contributed by atoms with Crippen molar-refractivity contribution in [3.63, 3.8) is 0 Å². The van der Waals surface area contributed by atoms with Crippen LogP contribution in [0.3, 0.4) is 0 Å². The molecule has 0 aromatic heterocycles. The largest absolute Gasteiger partial charge is 0.481 e. The summed E-state index contributed by atoms with van der Waals surface area (Å²) in [4.78, 5) is 21.9. The summed E-state index contributed by atoms with van der Waals surface area (Å²) in [5.74, 6) is -2.44. The van der Waals surface area contributed by atoms with Gasteiger partial charge < -0.3 is 10.4 Å². The van der Waals surface area contributed by atoms with Crippen LogP contribution in [0.5, 0.6) is 0 Å². The first kappa shape index (κ1) is 13.2. The van der Waals surface area contributed by atoms with Crippen molar-refractivity contribution in [2.45, 2.75) is 19.9 Å². The van der Waals surface area contributed by atoms with Crippen molar-refractivity contribution in [3.05, 3.63) is 35.6 Å². The Balaban J connectivity index is 2.48. The van der Waals surface area contributed by atoms with Crippen LogP contribution in [0, 0.1) is 11.7 Å². The Morgan fingerprint density at radius 2 is 2.06 bits per heavy atom. The molecule has 92 valence electrons. The Morgan fingerprint density at radius 3 is 2.65 bits per heavy atom. The Hall–Kier alpha value is -1.91. The highest BCUT2D eigenvalue weighted by Gasteiger charge is 2.16. The lowest BCUT2D eigenvalue weighted by atomic mass is 10.1. The van der Waals surface area contributed by atoms with Crippen molar-refractivity contribution >= 4 is 11.9 Å². The third kappa shape index (κ3) is 4.22. The molecule has 0 aliphatic rings. The van der Waals surface area contributed by atoms with E-state index in [1.54, 1.807) is 18.2 Å². The van der Waals surface area contributed by atoms with Crippen LogP contribution in [0.1, 0.15) is 18.9 Å². The average Bonchev–Trinajstić information content (AvgIpc) is 2.26. The first-order valence-corrected chi connectivity index (χ1v) is 5.23. The van der Waals surface area contributed by atoms with Gasteiger partial charge in [-0.1, -0.05) is 25.1 Å². The van der Waals surface area contributed by atoms with Gasteiger partial charge in [0.05, 0.1) is 6.42 Å². The highest BCUT2D eigenvalue weighted by atomic mass is 19.1. The summed E-state index contributed by atoms with van der Waals surface area (Å²) < 4.78 is 13.2. The van der Waals surface area contributed by atoms with Gasteiger partial charge in [-0.25, -0.2) is 4.39 Å².